The van der Waals surface area contributed by atoms with Crippen LogP contribution in [0.25, 0.3) is 0 Å². The molecule has 0 aliphatic heterocycles. The smallest absolute Gasteiger partial charge is 0.127 e. The number of hydrogen-bond acceptors (Lipinski definition) is 1. The Balaban J connectivity index is 0.000000249. The summed E-state index contributed by atoms with van der Waals surface area (Å²) in [5.74, 6) is 2.40. The standard InChI is InChI=1S/C13H12O.C10H14.C2H6/c1-11-7-9-13(10-8-11)14-12-5-3-2-4-6-12;1-8(2)10-6-4-9(3)5-7-10;1-2/h2-10H,1H3;4-8H,1-3H3;1-2H3. The minimum Gasteiger partial charge on any atom is -0.457 e. The molecule has 0 amide bonds. The second-order valence-corrected chi connectivity index (χ2v) is 6.29. The van der Waals surface area contributed by atoms with Crippen molar-refractivity contribution >= 4 is 0 Å². The van der Waals surface area contributed by atoms with Gasteiger partial charge in [0.1, 0.15) is 11.5 Å². The molecule has 1 nitrogen and oxygen atoms in total. The Morgan fingerprint density at radius 2 is 1.00 bits per heavy atom. The van der Waals surface area contributed by atoms with Crippen LogP contribution >= 0.6 is 0 Å². The highest BCUT2D eigenvalue weighted by atomic mass is 16.5. The number of benzene rings is 3. The van der Waals surface area contributed by atoms with E-state index in [1.807, 2.05) is 68.4 Å². The molecule has 0 bridgehead atoms. The quantitative estimate of drug-likeness (QED) is 0.467. The monoisotopic (exact) mass is 348 g/mol. The van der Waals surface area contributed by atoms with E-state index in [-0.39, 0.29) is 0 Å². The van der Waals surface area contributed by atoms with Crippen LogP contribution in [-0.2, 0) is 0 Å². The average molecular weight is 349 g/mol. The van der Waals surface area contributed by atoms with Crippen LogP contribution in [-0.4, -0.2) is 0 Å². The molecule has 0 heterocycles. The number of ether oxygens (including phenoxy) is 1. The maximum Gasteiger partial charge on any atom is 0.127 e. The lowest BCUT2D eigenvalue weighted by Crippen LogP contribution is -1.85. The molecule has 0 spiro atoms. The Kier molecular flexibility index (Phi) is 9.86. The van der Waals surface area contributed by atoms with E-state index in [4.69, 9.17) is 4.74 Å². The third kappa shape index (κ3) is 8.02. The summed E-state index contributed by atoms with van der Waals surface area (Å²) in [5, 5.41) is 0. The Labute approximate surface area is 159 Å². The molecule has 3 aromatic carbocycles. The van der Waals surface area contributed by atoms with E-state index in [0.29, 0.717) is 5.92 Å². The van der Waals surface area contributed by atoms with Crippen molar-refractivity contribution in [2.45, 2.75) is 47.5 Å². The Bertz CT molecular complexity index is 710. The lowest BCUT2D eigenvalue weighted by atomic mass is 10.0. The molecule has 0 atom stereocenters. The van der Waals surface area contributed by atoms with Crippen molar-refractivity contribution in [2.24, 2.45) is 0 Å². The Morgan fingerprint density at radius 1 is 0.577 bits per heavy atom. The van der Waals surface area contributed by atoms with E-state index >= 15 is 0 Å². The van der Waals surface area contributed by atoms with Crippen molar-refractivity contribution in [1.82, 2.24) is 0 Å². The van der Waals surface area contributed by atoms with Crippen molar-refractivity contribution in [1.29, 1.82) is 0 Å². The van der Waals surface area contributed by atoms with Crippen LogP contribution in [0.1, 0.15) is 50.3 Å². The molecule has 0 aliphatic rings. The van der Waals surface area contributed by atoms with Crippen molar-refractivity contribution in [3.63, 3.8) is 0 Å². The molecule has 1 heteroatoms. The number of hydrogen-bond donors (Lipinski definition) is 0. The van der Waals surface area contributed by atoms with E-state index in [9.17, 15) is 0 Å². The molecule has 0 aromatic heterocycles. The fourth-order valence-electron chi connectivity index (χ4n) is 2.18. The lowest BCUT2D eigenvalue weighted by Gasteiger charge is -2.04. The Morgan fingerprint density at radius 3 is 1.46 bits per heavy atom. The molecule has 3 aromatic rings. The fraction of sp³-hybridized carbons (Fsp3) is 0.280. The van der Waals surface area contributed by atoms with Gasteiger partial charge in [-0.25, -0.2) is 0 Å². The summed E-state index contributed by atoms with van der Waals surface area (Å²) in [6.45, 7) is 12.6. The maximum absolute atomic E-state index is 5.63. The third-order valence-electron chi connectivity index (χ3n) is 3.74. The van der Waals surface area contributed by atoms with Gasteiger partial charge in [-0.2, -0.15) is 0 Å². The van der Waals surface area contributed by atoms with Gasteiger partial charge in [0.15, 0.2) is 0 Å². The van der Waals surface area contributed by atoms with Gasteiger partial charge < -0.3 is 4.74 Å². The van der Waals surface area contributed by atoms with E-state index < -0.39 is 0 Å². The molecule has 0 unspecified atom stereocenters. The molecule has 0 aliphatic carbocycles. The number of rotatable bonds is 3. The molecule has 0 fully saturated rings. The predicted octanol–water partition coefficient (Wildman–Crippen LogP) is 7.93. The normalized spacial score (nSPS) is 9.50. The predicted molar refractivity (Wildman–Crippen MR) is 114 cm³/mol. The summed E-state index contributed by atoms with van der Waals surface area (Å²) in [7, 11) is 0. The number of aryl methyl sites for hydroxylation is 2. The molecule has 0 saturated heterocycles. The fourth-order valence-corrected chi connectivity index (χ4v) is 2.18. The van der Waals surface area contributed by atoms with Crippen molar-refractivity contribution in [3.05, 3.63) is 95.6 Å². The topological polar surface area (TPSA) is 9.23 Å². The molecule has 0 radical (unpaired) electrons. The summed E-state index contributed by atoms with van der Waals surface area (Å²) in [5.41, 5.74) is 4.00. The van der Waals surface area contributed by atoms with Crippen LogP contribution in [0.3, 0.4) is 0 Å². The molecule has 3 rings (SSSR count). The van der Waals surface area contributed by atoms with Gasteiger partial charge in [-0.1, -0.05) is 93.4 Å². The molecule has 0 N–H and O–H groups in total. The minimum absolute atomic E-state index is 0.653. The maximum atomic E-state index is 5.63. The van der Waals surface area contributed by atoms with Gasteiger partial charge in [-0.15, -0.1) is 0 Å². The molecule has 26 heavy (non-hydrogen) atoms. The van der Waals surface area contributed by atoms with E-state index in [1.165, 1.54) is 16.7 Å². The first kappa shape index (κ1) is 21.5. The van der Waals surface area contributed by atoms with E-state index in [2.05, 4.69) is 52.0 Å². The zero-order valence-corrected chi connectivity index (χ0v) is 17.0. The summed E-state index contributed by atoms with van der Waals surface area (Å²) in [4.78, 5) is 0. The van der Waals surface area contributed by atoms with Crippen LogP contribution in [0.4, 0.5) is 0 Å². The van der Waals surface area contributed by atoms with Crippen molar-refractivity contribution in [3.8, 4) is 11.5 Å². The van der Waals surface area contributed by atoms with Crippen molar-refractivity contribution in [2.75, 3.05) is 0 Å². The van der Waals surface area contributed by atoms with Gasteiger partial charge in [-0.3, -0.25) is 0 Å². The van der Waals surface area contributed by atoms with Crippen LogP contribution < -0.4 is 4.74 Å². The van der Waals surface area contributed by atoms with Gasteiger partial charge in [0.05, 0.1) is 0 Å². The third-order valence-corrected chi connectivity index (χ3v) is 3.74. The highest BCUT2D eigenvalue weighted by Gasteiger charge is 1.95. The summed E-state index contributed by atoms with van der Waals surface area (Å²) in [6.07, 6.45) is 0. The van der Waals surface area contributed by atoms with Gasteiger partial charge in [-0.05, 0) is 49.6 Å². The minimum atomic E-state index is 0.653. The highest BCUT2D eigenvalue weighted by molar-refractivity contribution is 5.32. The first-order valence-electron chi connectivity index (χ1n) is 9.41. The molecule has 0 saturated carbocycles. The van der Waals surface area contributed by atoms with Gasteiger partial charge in [0, 0.05) is 0 Å². The molecule has 138 valence electrons. The van der Waals surface area contributed by atoms with Crippen LogP contribution in [0.2, 0.25) is 0 Å². The van der Waals surface area contributed by atoms with E-state index in [0.717, 1.165) is 11.5 Å². The van der Waals surface area contributed by atoms with Gasteiger partial charge >= 0.3 is 0 Å². The summed E-state index contributed by atoms with van der Waals surface area (Å²) < 4.78 is 5.63. The second-order valence-electron chi connectivity index (χ2n) is 6.29. The second kappa shape index (κ2) is 11.9. The van der Waals surface area contributed by atoms with Crippen molar-refractivity contribution < 1.29 is 4.74 Å². The summed E-state index contributed by atoms with van der Waals surface area (Å²) in [6, 6.07) is 26.5. The molecular weight excluding hydrogens is 316 g/mol. The molecular formula is C25H32O. The Hall–Kier alpha value is -2.54. The largest absolute Gasteiger partial charge is 0.457 e. The number of para-hydroxylation sites is 1. The van der Waals surface area contributed by atoms with Gasteiger partial charge in [0.2, 0.25) is 0 Å². The summed E-state index contributed by atoms with van der Waals surface area (Å²) >= 11 is 0. The first-order valence-corrected chi connectivity index (χ1v) is 9.41. The van der Waals surface area contributed by atoms with E-state index in [1.54, 1.807) is 0 Å². The van der Waals surface area contributed by atoms with Crippen LogP contribution in [0.15, 0.2) is 78.9 Å². The lowest BCUT2D eigenvalue weighted by molar-refractivity contribution is 0.482. The highest BCUT2D eigenvalue weighted by Crippen LogP contribution is 2.20. The van der Waals surface area contributed by atoms with Crippen LogP contribution in [0.5, 0.6) is 11.5 Å². The SMILES string of the molecule is CC.Cc1ccc(C(C)C)cc1.Cc1ccc(Oc2ccccc2)cc1. The average Bonchev–Trinajstić information content (AvgIpc) is 2.67. The van der Waals surface area contributed by atoms with Gasteiger partial charge in [0.25, 0.3) is 0 Å². The van der Waals surface area contributed by atoms with Crippen LogP contribution in [0, 0.1) is 13.8 Å². The zero-order valence-electron chi connectivity index (χ0n) is 17.0. The first-order chi connectivity index (χ1) is 12.5. The zero-order chi connectivity index (χ0) is 19.4.